The average Bonchev–Trinajstić information content (AvgIpc) is 2.79. The molecular weight excluding hydrogens is 362 g/mol. The van der Waals surface area contributed by atoms with Crippen LogP contribution in [0.15, 0.2) is 23.1 Å². The van der Waals surface area contributed by atoms with Crippen LogP contribution >= 0.6 is 0 Å². The van der Waals surface area contributed by atoms with E-state index in [0.29, 0.717) is 30.0 Å². The Bertz CT molecular complexity index is 872. The molecule has 134 valence electrons. The summed E-state index contributed by atoms with van der Waals surface area (Å²) in [5, 5.41) is -5.65. The second-order valence-corrected chi connectivity index (χ2v) is 7.05. The number of benzene rings is 1. The van der Waals surface area contributed by atoms with Crippen molar-refractivity contribution in [2.75, 3.05) is 0 Å². The highest BCUT2D eigenvalue weighted by atomic mass is 32.2. The summed E-state index contributed by atoms with van der Waals surface area (Å²) < 4.78 is 102. The van der Waals surface area contributed by atoms with E-state index >= 15 is 0 Å². The maximum Gasteiger partial charge on any atom is 0.426 e. The lowest BCUT2D eigenvalue weighted by Gasteiger charge is -2.22. The first-order valence-corrected chi connectivity index (χ1v) is 8.12. The number of fused-ring (bicyclic) bond motifs is 1. The van der Waals surface area contributed by atoms with Gasteiger partial charge in [-0.25, -0.2) is 17.8 Å². The third-order valence-corrected chi connectivity index (χ3v) is 5.28. The van der Waals surface area contributed by atoms with Crippen molar-refractivity contribution < 1.29 is 34.8 Å². The van der Waals surface area contributed by atoms with Crippen LogP contribution in [0.1, 0.15) is 12.7 Å². The number of halogens is 6. The van der Waals surface area contributed by atoms with Crippen molar-refractivity contribution in [1.82, 2.24) is 9.55 Å². The zero-order valence-electron chi connectivity index (χ0n) is 12.4. The predicted molar refractivity (Wildman–Crippen MR) is 73.2 cm³/mol. The fourth-order valence-corrected chi connectivity index (χ4v) is 3.51. The summed E-state index contributed by atoms with van der Waals surface area (Å²) in [7, 11) is -5.90. The van der Waals surface area contributed by atoms with Gasteiger partial charge in [-0.2, -0.15) is 22.0 Å². The summed E-state index contributed by atoms with van der Waals surface area (Å²) in [5.74, 6) is 0.465. The molecule has 2 aromatic rings. The summed E-state index contributed by atoms with van der Waals surface area (Å²) in [5.41, 5.74) is 0.429. The van der Waals surface area contributed by atoms with Gasteiger partial charge in [-0.3, -0.25) is 0 Å². The fourth-order valence-electron chi connectivity index (χ4n) is 2.28. The van der Waals surface area contributed by atoms with Gasteiger partial charge in [0.2, 0.25) is 9.84 Å². The van der Waals surface area contributed by atoms with Crippen molar-refractivity contribution in [3.63, 3.8) is 0 Å². The van der Waals surface area contributed by atoms with Crippen LogP contribution < -0.4 is 0 Å². The Labute approximate surface area is 133 Å². The number of nitrogens with zero attached hydrogens (tertiary/aromatic N) is 2. The Morgan fingerprint density at radius 1 is 1.21 bits per heavy atom. The van der Waals surface area contributed by atoms with Gasteiger partial charge in [-0.1, -0.05) is 0 Å². The van der Waals surface area contributed by atoms with Gasteiger partial charge in [0.1, 0.15) is 5.82 Å². The van der Waals surface area contributed by atoms with Crippen LogP contribution in [0.25, 0.3) is 11.0 Å². The Morgan fingerprint density at radius 3 is 2.29 bits per heavy atom. The van der Waals surface area contributed by atoms with Crippen LogP contribution in [0.5, 0.6) is 0 Å². The standard InChI is InChI=1S/C13H12F6N2O2S/c1-3-21-7(2)20-9-6-8(4-5-10(9)21)24(22,23)13(18,19)11(14)12(15,16)17/h4-6,11H,3H2,1-2H3/t11-/m0/s1. The molecule has 0 radical (unpaired) electrons. The molecular formula is C13H12F6N2O2S. The lowest BCUT2D eigenvalue weighted by atomic mass is 10.3. The van der Waals surface area contributed by atoms with E-state index in [1.807, 2.05) is 0 Å². The Balaban J connectivity index is 2.59. The van der Waals surface area contributed by atoms with Gasteiger partial charge in [0.25, 0.3) is 6.17 Å². The van der Waals surface area contributed by atoms with Gasteiger partial charge in [0, 0.05) is 6.54 Å². The zero-order chi connectivity index (χ0) is 18.5. The number of aryl methyl sites for hydroxylation is 2. The normalized spacial score (nSPS) is 15.0. The summed E-state index contributed by atoms with van der Waals surface area (Å²) in [6.45, 7) is 3.82. The van der Waals surface area contributed by atoms with Crippen molar-refractivity contribution in [1.29, 1.82) is 0 Å². The van der Waals surface area contributed by atoms with E-state index in [9.17, 15) is 34.8 Å². The van der Waals surface area contributed by atoms with Gasteiger partial charge >= 0.3 is 11.4 Å². The van der Waals surface area contributed by atoms with Crippen molar-refractivity contribution >= 4 is 20.9 Å². The molecule has 0 spiro atoms. The van der Waals surface area contributed by atoms with Crippen molar-refractivity contribution in [3.05, 3.63) is 24.0 Å². The van der Waals surface area contributed by atoms with E-state index in [0.717, 1.165) is 6.07 Å². The molecule has 0 saturated carbocycles. The number of sulfone groups is 1. The minimum atomic E-state index is -6.01. The lowest BCUT2D eigenvalue weighted by Crippen LogP contribution is -2.47. The van der Waals surface area contributed by atoms with E-state index in [2.05, 4.69) is 4.98 Å². The van der Waals surface area contributed by atoms with Crippen LogP contribution in [0.3, 0.4) is 0 Å². The molecule has 11 heteroatoms. The summed E-state index contributed by atoms with van der Waals surface area (Å²) >= 11 is 0. The summed E-state index contributed by atoms with van der Waals surface area (Å²) in [4.78, 5) is 2.84. The van der Waals surface area contributed by atoms with Gasteiger partial charge in [0.15, 0.2) is 0 Å². The maximum absolute atomic E-state index is 13.6. The molecule has 1 aromatic heterocycles. The smallest absolute Gasteiger partial charge is 0.329 e. The molecule has 0 fully saturated rings. The molecule has 0 amide bonds. The average molecular weight is 374 g/mol. The van der Waals surface area contributed by atoms with E-state index in [4.69, 9.17) is 0 Å². The van der Waals surface area contributed by atoms with E-state index in [-0.39, 0.29) is 5.52 Å². The predicted octanol–water partition coefficient (Wildman–Crippen LogP) is 3.63. The molecule has 1 aromatic carbocycles. The monoisotopic (exact) mass is 374 g/mol. The van der Waals surface area contributed by atoms with E-state index < -0.39 is 32.3 Å². The molecule has 0 aliphatic heterocycles. The molecule has 0 unspecified atom stereocenters. The number of aromatic nitrogens is 2. The highest BCUT2D eigenvalue weighted by Gasteiger charge is 2.64. The van der Waals surface area contributed by atoms with Crippen molar-refractivity contribution in [2.24, 2.45) is 0 Å². The van der Waals surface area contributed by atoms with Crippen LogP contribution in [0, 0.1) is 6.92 Å². The first-order valence-electron chi connectivity index (χ1n) is 6.64. The van der Waals surface area contributed by atoms with Crippen LogP contribution in [0.2, 0.25) is 0 Å². The van der Waals surface area contributed by atoms with Crippen LogP contribution in [-0.2, 0) is 16.4 Å². The largest absolute Gasteiger partial charge is 0.426 e. The molecule has 1 heterocycles. The number of imidazole rings is 1. The first kappa shape index (κ1) is 18.6. The molecule has 2 rings (SSSR count). The first-order chi connectivity index (χ1) is 10.8. The van der Waals surface area contributed by atoms with Gasteiger partial charge in [-0.05, 0) is 32.0 Å². The Kier molecular flexibility index (Phi) is 4.36. The third-order valence-electron chi connectivity index (χ3n) is 3.48. The highest BCUT2D eigenvalue weighted by molar-refractivity contribution is 7.92. The van der Waals surface area contributed by atoms with E-state index in [1.54, 1.807) is 18.4 Å². The number of rotatable bonds is 4. The van der Waals surface area contributed by atoms with Crippen molar-refractivity contribution in [2.45, 2.75) is 42.9 Å². The summed E-state index contributed by atoms with van der Waals surface area (Å²) in [6, 6.07) is 2.56. The number of alkyl halides is 6. The SMILES string of the molecule is CCn1c(C)nc2cc(S(=O)(=O)C(F)(F)[C@@H](F)C(F)(F)F)ccc21. The fraction of sp³-hybridized carbons (Fsp3) is 0.462. The molecule has 24 heavy (non-hydrogen) atoms. The van der Waals surface area contributed by atoms with E-state index in [1.165, 1.54) is 0 Å². The maximum atomic E-state index is 13.6. The third kappa shape index (κ3) is 2.74. The van der Waals surface area contributed by atoms with Crippen molar-refractivity contribution in [3.8, 4) is 0 Å². The minimum absolute atomic E-state index is 0.00800. The Hall–Kier alpha value is -1.78. The molecule has 4 nitrogen and oxygen atoms in total. The van der Waals surface area contributed by atoms with Gasteiger partial charge in [0.05, 0.1) is 15.9 Å². The molecule has 0 aliphatic carbocycles. The molecule has 1 atom stereocenters. The highest BCUT2D eigenvalue weighted by Crippen LogP contribution is 2.41. The van der Waals surface area contributed by atoms with Gasteiger partial charge in [-0.15, -0.1) is 0 Å². The number of hydrogen-bond acceptors (Lipinski definition) is 3. The molecule has 0 saturated heterocycles. The number of hydrogen-bond donors (Lipinski definition) is 0. The van der Waals surface area contributed by atoms with Gasteiger partial charge < -0.3 is 4.57 Å². The molecule has 0 aliphatic rings. The second-order valence-electron chi connectivity index (χ2n) is 5.02. The zero-order valence-corrected chi connectivity index (χ0v) is 13.2. The Morgan fingerprint density at radius 2 is 1.79 bits per heavy atom. The molecule has 0 bridgehead atoms. The quantitative estimate of drug-likeness (QED) is 0.768. The topological polar surface area (TPSA) is 52.0 Å². The minimum Gasteiger partial charge on any atom is -0.329 e. The summed E-state index contributed by atoms with van der Waals surface area (Å²) in [6.07, 6.45) is -10.8. The molecule has 0 N–H and O–H groups in total. The second kappa shape index (κ2) is 5.64. The lowest BCUT2D eigenvalue weighted by molar-refractivity contribution is -0.221. The van der Waals surface area contributed by atoms with Crippen LogP contribution in [0.4, 0.5) is 26.3 Å². The van der Waals surface area contributed by atoms with Crippen LogP contribution in [-0.4, -0.2) is 35.6 Å².